The zero-order valence-electron chi connectivity index (χ0n) is 17.3. The molecular weight excluding hydrogens is 437 g/mol. The highest BCUT2D eigenvalue weighted by Gasteiger charge is 2.37. The Balaban J connectivity index is 1.40. The second kappa shape index (κ2) is 8.02. The van der Waals surface area contributed by atoms with Crippen LogP contribution in [-0.4, -0.2) is 44.8 Å². The van der Waals surface area contributed by atoms with Crippen molar-refractivity contribution in [1.82, 2.24) is 19.4 Å². The molecule has 1 aromatic carbocycles. The van der Waals surface area contributed by atoms with Gasteiger partial charge in [-0.1, -0.05) is 12.1 Å². The molecule has 3 aromatic rings. The monoisotopic (exact) mass is 456 g/mol. The van der Waals surface area contributed by atoms with Gasteiger partial charge in [-0.15, -0.1) is 13.2 Å². The molecule has 2 atom stereocenters. The fourth-order valence-corrected chi connectivity index (χ4v) is 4.74. The number of alkyl halides is 3. The maximum Gasteiger partial charge on any atom is 0.573 e. The van der Waals surface area contributed by atoms with Crippen molar-refractivity contribution in [2.24, 2.45) is 5.92 Å². The van der Waals surface area contributed by atoms with Crippen LogP contribution >= 0.6 is 0 Å². The number of hydrogen-bond acceptors (Lipinski definition) is 5. The summed E-state index contributed by atoms with van der Waals surface area (Å²) in [5.41, 5.74) is 1.88. The van der Waals surface area contributed by atoms with E-state index in [2.05, 4.69) is 14.7 Å². The first kappa shape index (κ1) is 21.2. The standard InChI is InChI=1S/C23H19F3N4O3/c24-23(25,26)33-17-3-1-15(2-4-17)18-5-6-20-16-9-14(12-30(20)21(18)31)11-29(13-16)22(32)19-10-27-7-8-28-19/h1-8,10,14,16H,9,11-13H2/t14-,16-/m1/s1. The zero-order chi connectivity index (χ0) is 23.2. The molecule has 7 nitrogen and oxygen atoms in total. The number of carbonyl (C=O) groups excluding carboxylic acids is 1. The number of rotatable bonds is 3. The Morgan fingerprint density at radius 2 is 1.82 bits per heavy atom. The molecule has 2 aliphatic rings. The molecule has 2 aliphatic heterocycles. The van der Waals surface area contributed by atoms with E-state index in [9.17, 15) is 22.8 Å². The summed E-state index contributed by atoms with van der Waals surface area (Å²) in [6.07, 6.45) is 0.553. The molecule has 0 unspecified atom stereocenters. The van der Waals surface area contributed by atoms with E-state index in [1.54, 1.807) is 15.5 Å². The molecule has 1 fully saturated rings. The Hall–Kier alpha value is -3.69. The zero-order valence-corrected chi connectivity index (χ0v) is 17.3. The van der Waals surface area contributed by atoms with Crippen molar-refractivity contribution in [2.45, 2.75) is 25.2 Å². The maximum absolute atomic E-state index is 13.2. The van der Waals surface area contributed by atoms with Gasteiger partial charge in [0.15, 0.2) is 0 Å². The topological polar surface area (TPSA) is 77.3 Å². The highest BCUT2D eigenvalue weighted by molar-refractivity contribution is 5.92. The molecule has 1 saturated heterocycles. The van der Waals surface area contributed by atoms with Gasteiger partial charge >= 0.3 is 6.36 Å². The number of hydrogen-bond donors (Lipinski definition) is 0. The van der Waals surface area contributed by atoms with Crippen LogP contribution in [0.2, 0.25) is 0 Å². The van der Waals surface area contributed by atoms with Crippen molar-refractivity contribution in [3.8, 4) is 16.9 Å². The lowest BCUT2D eigenvalue weighted by Gasteiger charge is -2.42. The average molecular weight is 456 g/mol. The van der Waals surface area contributed by atoms with Gasteiger partial charge in [-0.05, 0) is 42.2 Å². The maximum atomic E-state index is 13.2. The van der Waals surface area contributed by atoms with E-state index in [-0.39, 0.29) is 29.1 Å². The molecule has 5 rings (SSSR count). The highest BCUT2D eigenvalue weighted by Crippen LogP contribution is 2.36. The molecule has 0 N–H and O–H groups in total. The summed E-state index contributed by atoms with van der Waals surface area (Å²) in [5.74, 6) is -0.382. The van der Waals surface area contributed by atoms with Crippen molar-refractivity contribution in [2.75, 3.05) is 13.1 Å². The van der Waals surface area contributed by atoms with Crippen LogP contribution in [0.4, 0.5) is 13.2 Å². The molecule has 0 spiro atoms. The predicted molar refractivity (Wildman–Crippen MR) is 112 cm³/mol. The van der Waals surface area contributed by atoms with Crippen LogP contribution in [0.1, 0.15) is 28.5 Å². The van der Waals surface area contributed by atoms with Gasteiger partial charge in [0.2, 0.25) is 0 Å². The Morgan fingerprint density at radius 3 is 2.52 bits per heavy atom. The molecule has 0 radical (unpaired) electrons. The number of halogens is 3. The van der Waals surface area contributed by atoms with Crippen molar-refractivity contribution in [3.05, 3.63) is 76.7 Å². The molecule has 2 aromatic heterocycles. The second-order valence-corrected chi connectivity index (χ2v) is 8.26. The van der Waals surface area contributed by atoms with Crippen molar-refractivity contribution >= 4 is 5.91 Å². The molecule has 2 bridgehead atoms. The van der Waals surface area contributed by atoms with Gasteiger partial charge in [-0.2, -0.15) is 0 Å². The summed E-state index contributed by atoms with van der Waals surface area (Å²) >= 11 is 0. The van der Waals surface area contributed by atoms with Crippen LogP contribution < -0.4 is 10.3 Å². The lowest BCUT2D eigenvalue weighted by molar-refractivity contribution is -0.274. The number of fused-ring (bicyclic) bond motifs is 4. The number of nitrogens with zero attached hydrogens (tertiary/aromatic N) is 4. The number of likely N-dealkylation sites (tertiary alicyclic amines) is 1. The van der Waals surface area contributed by atoms with E-state index in [1.807, 2.05) is 6.07 Å². The number of pyridine rings is 1. The van der Waals surface area contributed by atoms with Crippen LogP contribution in [-0.2, 0) is 6.54 Å². The number of benzene rings is 1. The minimum atomic E-state index is -4.77. The number of aromatic nitrogens is 3. The molecule has 170 valence electrons. The Morgan fingerprint density at radius 1 is 1.03 bits per heavy atom. The smallest absolute Gasteiger partial charge is 0.406 e. The molecule has 1 amide bonds. The fourth-order valence-electron chi connectivity index (χ4n) is 4.74. The number of piperidine rings is 1. The first-order valence-electron chi connectivity index (χ1n) is 10.4. The first-order valence-corrected chi connectivity index (χ1v) is 10.4. The van der Waals surface area contributed by atoms with E-state index < -0.39 is 6.36 Å². The molecule has 33 heavy (non-hydrogen) atoms. The Bertz CT molecular complexity index is 1240. The van der Waals surface area contributed by atoms with Crippen LogP contribution in [0, 0.1) is 5.92 Å². The van der Waals surface area contributed by atoms with Gasteiger partial charge < -0.3 is 14.2 Å². The normalized spacial score (nSPS) is 19.7. The van der Waals surface area contributed by atoms with Crippen molar-refractivity contribution in [1.29, 1.82) is 0 Å². The van der Waals surface area contributed by atoms with E-state index in [0.717, 1.165) is 12.1 Å². The van der Waals surface area contributed by atoms with E-state index in [0.29, 0.717) is 36.5 Å². The summed E-state index contributed by atoms with van der Waals surface area (Å²) in [5, 5.41) is 0. The molecule has 0 saturated carbocycles. The first-order chi connectivity index (χ1) is 15.8. The molecule has 4 heterocycles. The largest absolute Gasteiger partial charge is 0.573 e. The Kier molecular flexibility index (Phi) is 5.15. The van der Waals surface area contributed by atoms with Gasteiger partial charge in [0.05, 0.1) is 6.20 Å². The molecular formula is C23H19F3N4O3. The summed E-state index contributed by atoms with van der Waals surface area (Å²) in [6.45, 7) is 1.47. The molecule has 0 aliphatic carbocycles. The lowest BCUT2D eigenvalue weighted by Crippen LogP contribution is -2.49. The SMILES string of the molecule is O=C(c1cnccn1)N1C[C@H]2C[C@H](C1)c1ccc(-c3ccc(OC(F)(F)F)cc3)c(=O)n1C2. The summed E-state index contributed by atoms with van der Waals surface area (Å²) in [7, 11) is 0. The van der Waals surface area contributed by atoms with Gasteiger partial charge in [0, 0.05) is 49.2 Å². The highest BCUT2D eigenvalue weighted by atomic mass is 19.4. The predicted octanol–water partition coefficient (Wildman–Crippen LogP) is 3.46. The van der Waals surface area contributed by atoms with Crippen LogP contribution in [0.15, 0.2) is 59.8 Å². The number of ether oxygens (including phenoxy) is 1. The lowest BCUT2D eigenvalue weighted by atomic mass is 9.82. The third-order valence-electron chi connectivity index (χ3n) is 6.07. The molecule has 10 heteroatoms. The van der Waals surface area contributed by atoms with E-state index >= 15 is 0 Å². The third-order valence-corrected chi connectivity index (χ3v) is 6.07. The van der Waals surface area contributed by atoms with Crippen molar-refractivity contribution < 1.29 is 22.7 Å². The number of amides is 1. The van der Waals surface area contributed by atoms with Gasteiger partial charge in [0.25, 0.3) is 11.5 Å². The fraction of sp³-hybridized carbons (Fsp3) is 0.304. The minimum absolute atomic E-state index is 0.0161. The number of carbonyl (C=O) groups is 1. The van der Waals surface area contributed by atoms with E-state index in [4.69, 9.17) is 0 Å². The van der Waals surface area contributed by atoms with E-state index in [1.165, 1.54) is 42.9 Å². The average Bonchev–Trinajstić information content (AvgIpc) is 2.79. The third kappa shape index (κ3) is 4.20. The summed E-state index contributed by atoms with van der Waals surface area (Å²) in [4.78, 5) is 35.9. The van der Waals surface area contributed by atoms with Gasteiger partial charge in [0.1, 0.15) is 11.4 Å². The van der Waals surface area contributed by atoms with Crippen LogP contribution in [0.3, 0.4) is 0 Å². The Labute approximate surface area is 186 Å². The quantitative estimate of drug-likeness (QED) is 0.603. The van der Waals surface area contributed by atoms with Crippen LogP contribution in [0.25, 0.3) is 11.1 Å². The van der Waals surface area contributed by atoms with Gasteiger partial charge in [-0.3, -0.25) is 14.6 Å². The van der Waals surface area contributed by atoms with Gasteiger partial charge in [-0.25, -0.2) is 4.98 Å². The van der Waals surface area contributed by atoms with Crippen molar-refractivity contribution in [3.63, 3.8) is 0 Å². The summed E-state index contributed by atoms with van der Waals surface area (Å²) in [6, 6.07) is 8.82. The summed E-state index contributed by atoms with van der Waals surface area (Å²) < 4.78 is 42.8. The van der Waals surface area contributed by atoms with Crippen LogP contribution in [0.5, 0.6) is 5.75 Å². The second-order valence-electron chi connectivity index (χ2n) is 8.26. The minimum Gasteiger partial charge on any atom is -0.406 e.